The number of nitrogens with zero attached hydrogens (tertiary/aromatic N) is 1. The molecule has 2 aromatic carbocycles. The zero-order valence-corrected chi connectivity index (χ0v) is 12.6. The van der Waals surface area contributed by atoms with Crippen LogP contribution < -0.4 is 10.6 Å². The van der Waals surface area contributed by atoms with Crippen LogP contribution in [0, 0.1) is 0 Å². The van der Waals surface area contributed by atoms with E-state index >= 15 is 0 Å². The largest absolute Gasteiger partial charge is 0.340 e. The number of hydrogen-bond acceptors (Lipinski definition) is 2. The highest BCUT2D eigenvalue weighted by molar-refractivity contribution is 6.33. The predicted octanol–water partition coefficient (Wildman–Crippen LogP) is 4.74. The van der Waals surface area contributed by atoms with Gasteiger partial charge in [0.25, 0.3) is 0 Å². The molecule has 0 amide bonds. The molecular formula is C17H21ClN2. The van der Waals surface area contributed by atoms with Gasteiger partial charge in [0.15, 0.2) is 0 Å². The first-order chi connectivity index (χ1) is 9.76. The van der Waals surface area contributed by atoms with E-state index < -0.39 is 0 Å². The fraction of sp³-hybridized carbons (Fsp3) is 0.294. The molecule has 0 fully saturated rings. The van der Waals surface area contributed by atoms with Gasteiger partial charge in [-0.05, 0) is 36.2 Å². The van der Waals surface area contributed by atoms with Crippen LogP contribution in [-0.4, -0.2) is 6.54 Å². The number of benzene rings is 2. The maximum absolute atomic E-state index is 6.43. The van der Waals surface area contributed by atoms with Gasteiger partial charge < -0.3 is 10.6 Å². The van der Waals surface area contributed by atoms with E-state index in [1.165, 1.54) is 5.69 Å². The van der Waals surface area contributed by atoms with E-state index in [2.05, 4.69) is 42.2 Å². The monoisotopic (exact) mass is 288 g/mol. The number of para-hydroxylation sites is 1. The topological polar surface area (TPSA) is 29.3 Å². The number of rotatable bonds is 6. The Balaban J connectivity index is 2.36. The maximum atomic E-state index is 6.43. The summed E-state index contributed by atoms with van der Waals surface area (Å²) < 4.78 is 0. The number of unbranched alkanes of at least 4 members (excludes halogenated alkanes) is 1. The second kappa shape index (κ2) is 7.32. The lowest BCUT2D eigenvalue weighted by atomic mass is 10.1. The van der Waals surface area contributed by atoms with Gasteiger partial charge in [-0.3, -0.25) is 0 Å². The van der Waals surface area contributed by atoms with Crippen molar-refractivity contribution in [3.05, 3.63) is 59.1 Å². The van der Waals surface area contributed by atoms with Crippen LogP contribution in [0.2, 0.25) is 5.02 Å². The van der Waals surface area contributed by atoms with Gasteiger partial charge in [-0.15, -0.1) is 0 Å². The maximum Gasteiger partial charge on any atom is 0.0646 e. The van der Waals surface area contributed by atoms with E-state index in [0.717, 1.165) is 35.7 Å². The highest BCUT2D eigenvalue weighted by atomic mass is 35.5. The molecule has 0 atom stereocenters. The molecule has 2 nitrogen and oxygen atoms in total. The van der Waals surface area contributed by atoms with Gasteiger partial charge in [-0.1, -0.05) is 49.2 Å². The van der Waals surface area contributed by atoms with Crippen molar-refractivity contribution in [1.82, 2.24) is 0 Å². The standard InChI is InChI=1S/C17H21ClN2/c1-2-3-11-20(15-7-5-4-6-8-15)17-10-9-14(13-19)12-16(17)18/h4-10,12H,2-3,11,13,19H2,1H3. The van der Waals surface area contributed by atoms with Crippen LogP contribution in [0.25, 0.3) is 0 Å². The Hall–Kier alpha value is -1.51. The van der Waals surface area contributed by atoms with Gasteiger partial charge in [0.1, 0.15) is 0 Å². The summed E-state index contributed by atoms with van der Waals surface area (Å²) in [5.74, 6) is 0. The third-order valence-electron chi connectivity index (χ3n) is 3.34. The second-order valence-electron chi connectivity index (χ2n) is 4.83. The molecule has 0 spiro atoms. The summed E-state index contributed by atoms with van der Waals surface area (Å²) in [6.07, 6.45) is 2.28. The summed E-state index contributed by atoms with van der Waals surface area (Å²) >= 11 is 6.43. The minimum Gasteiger partial charge on any atom is -0.340 e. The first-order valence-electron chi connectivity index (χ1n) is 7.07. The lowest BCUT2D eigenvalue weighted by Gasteiger charge is -2.26. The normalized spacial score (nSPS) is 10.6. The van der Waals surface area contributed by atoms with Gasteiger partial charge in [0.2, 0.25) is 0 Å². The van der Waals surface area contributed by atoms with Gasteiger partial charge in [-0.2, -0.15) is 0 Å². The molecule has 2 N–H and O–H groups in total. The van der Waals surface area contributed by atoms with Crippen LogP contribution in [-0.2, 0) is 6.54 Å². The number of nitrogens with two attached hydrogens (primary N) is 1. The molecule has 0 saturated heterocycles. The van der Waals surface area contributed by atoms with Crippen molar-refractivity contribution in [3.63, 3.8) is 0 Å². The van der Waals surface area contributed by atoms with E-state index in [1.807, 2.05) is 18.2 Å². The summed E-state index contributed by atoms with van der Waals surface area (Å²) in [7, 11) is 0. The highest BCUT2D eigenvalue weighted by Crippen LogP contribution is 2.32. The Bertz CT molecular complexity index is 540. The number of anilines is 2. The second-order valence-corrected chi connectivity index (χ2v) is 5.24. The van der Waals surface area contributed by atoms with E-state index in [-0.39, 0.29) is 0 Å². The van der Waals surface area contributed by atoms with Crippen molar-refractivity contribution in [2.45, 2.75) is 26.3 Å². The fourth-order valence-corrected chi connectivity index (χ4v) is 2.51. The van der Waals surface area contributed by atoms with Crippen molar-refractivity contribution in [2.24, 2.45) is 5.73 Å². The van der Waals surface area contributed by atoms with Gasteiger partial charge in [0, 0.05) is 18.8 Å². The number of halogens is 1. The first-order valence-corrected chi connectivity index (χ1v) is 7.45. The summed E-state index contributed by atoms with van der Waals surface area (Å²) in [5.41, 5.74) is 8.94. The Kier molecular flexibility index (Phi) is 5.45. The third-order valence-corrected chi connectivity index (χ3v) is 3.64. The lowest BCUT2D eigenvalue weighted by molar-refractivity contribution is 0.785. The number of hydrogen-bond donors (Lipinski definition) is 1. The zero-order valence-electron chi connectivity index (χ0n) is 11.8. The summed E-state index contributed by atoms with van der Waals surface area (Å²) in [5, 5.41) is 0.757. The molecule has 0 unspecified atom stereocenters. The van der Waals surface area contributed by atoms with E-state index in [4.69, 9.17) is 17.3 Å². The van der Waals surface area contributed by atoms with E-state index in [1.54, 1.807) is 0 Å². The highest BCUT2D eigenvalue weighted by Gasteiger charge is 2.12. The Labute approximate surface area is 126 Å². The first kappa shape index (κ1) is 14.9. The molecule has 2 rings (SSSR count). The smallest absolute Gasteiger partial charge is 0.0646 e. The van der Waals surface area contributed by atoms with Crippen LogP contribution in [0.1, 0.15) is 25.3 Å². The summed E-state index contributed by atoms with van der Waals surface area (Å²) in [6.45, 7) is 3.67. The average molecular weight is 289 g/mol. The van der Waals surface area contributed by atoms with Crippen LogP contribution >= 0.6 is 11.6 Å². The molecule has 0 radical (unpaired) electrons. The molecule has 2 aromatic rings. The molecule has 0 aliphatic heterocycles. The molecule has 0 aromatic heterocycles. The fourth-order valence-electron chi connectivity index (χ4n) is 2.21. The van der Waals surface area contributed by atoms with Gasteiger partial charge in [-0.25, -0.2) is 0 Å². The molecule has 0 saturated carbocycles. The van der Waals surface area contributed by atoms with Crippen LogP contribution in [0.5, 0.6) is 0 Å². The molecule has 0 heterocycles. The Morgan fingerprint density at radius 2 is 1.85 bits per heavy atom. The average Bonchev–Trinajstić information content (AvgIpc) is 2.50. The molecule has 3 heteroatoms. The molecule has 106 valence electrons. The van der Waals surface area contributed by atoms with E-state index in [9.17, 15) is 0 Å². The minimum absolute atomic E-state index is 0.514. The molecular weight excluding hydrogens is 268 g/mol. The quantitative estimate of drug-likeness (QED) is 0.832. The molecule has 0 aliphatic carbocycles. The van der Waals surface area contributed by atoms with Gasteiger partial charge >= 0.3 is 0 Å². The Morgan fingerprint density at radius 3 is 2.45 bits per heavy atom. The minimum atomic E-state index is 0.514. The molecule has 0 bridgehead atoms. The van der Waals surface area contributed by atoms with Crippen LogP contribution in [0.4, 0.5) is 11.4 Å². The van der Waals surface area contributed by atoms with Crippen molar-refractivity contribution >= 4 is 23.0 Å². The van der Waals surface area contributed by atoms with Crippen molar-refractivity contribution in [1.29, 1.82) is 0 Å². The van der Waals surface area contributed by atoms with Crippen LogP contribution in [0.3, 0.4) is 0 Å². The van der Waals surface area contributed by atoms with Crippen molar-refractivity contribution < 1.29 is 0 Å². The summed E-state index contributed by atoms with van der Waals surface area (Å²) in [4.78, 5) is 2.27. The van der Waals surface area contributed by atoms with Crippen LogP contribution in [0.15, 0.2) is 48.5 Å². The third kappa shape index (κ3) is 3.53. The Morgan fingerprint density at radius 1 is 1.10 bits per heavy atom. The van der Waals surface area contributed by atoms with Crippen molar-refractivity contribution in [2.75, 3.05) is 11.4 Å². The SMILES string of the molecule is CCCCN(c1ccccc1)c1ccc(CN)cc1Cl. The van der Waals surface area contributed by atoms with E-state index in [0.29, 0.717) is 6.54 Å². The van der Waals surface area contributed by atoms with Gasteiger partial charge in [0.05, 0.1) is 10.7 Å². The van der Waals surface area contributed by atoms with Crippen molar-refractivity contribution in [3.8, 4) is 0 Å². The lowest BCUT2D eigenvalue weighted by Crippen LogP contribution is -2.18. The predicted molar refractivity (Wildman–Crippen MR) is 87.7 cm³/mol. The molecule has 20 heavy (non-hydrogen) atoms. The molecule has 0 aliphatic rings. The zero-order chi connectivity index (χ0) is 14.4. The summed E-state index contributed by atoms with van der Waals surface area (Å²) in [6, 6.07) is 16.4.